The first-order valence-electron chi connectivity index (χ1n) is 7.90. The molecule has 0 aliphatic rings. The van der Waals surface area contributed by atoms with E-state index < -0.39 is 30.0 Å². The Balaban J connectivity index is 1.84. The van der Waals surface area contributed by atoms with Gasteiger partial charge in [-0.3, -0.25) is 4.79 Å². The van der Waals surface area contributed by atoms with Gasteiger partial charge in [-0.25, -0.2) is 4.39 Å². The Morgan fingerprint density at radius 3 is 2.50 bits per heavy atom. The van der Waals surface area contributed by atoms with Gasteiger partial charge >= 0.3 is 0 Å². The van der Waals surface area contributed by atoms with Crippen LogP contribution in [-0.4, -0.2) is 28.3 Å². The summed E-state index contributed by atoms with van der Waals surface area (Å²) >= 11 is 0. The Hall–Kier alpha value is -2.24. The summed E-state index contributed by atoms with van der Waals surface area (Å²) in [5, 5.41) is 22.9. The molecule has 128 valence electrons. The van der Waals surface area contributed by atoms with Crippen LogP contribution in [0.2, 0.25) is 0 Å². The number of halogens is 1. The third-order valence-electron chi connectivity index (χ3n) is 3.87. The number of aliphatic hydroxyl groups excluding tert-OH is 2. The van der Waals surface area contributed by atoms with E-state index in [4.69, 9.17) is 0 Å². The minimum atomic E-state index is -1.08. The molecular weight excluding hydrogens is 309 g/mol. The first-order chi connectivity index (χ1) is 11.5. The van der Waals surface area contributed by atoms with Gasteiger partial charge in [0.2, 0.25) is 5.91 Å². The second-order valence-corrected chi connectivity index (χ2v) is 5.89. The third kappa shape index (κ3) is 5.44. The van der Waals surface area contributed by atoms with Gasteiger partial charge in [0.25, 0.3) is 0 Å². The van der Waals surface area contributed by atoms with Crippen molar-refractivity contribution in [2.75, 3.05) is 0 Å². The van der Waals surface area contributed by atoms with Gasteiger partial charge in [0.1, 0.15) is 5.82 Å². The smallest absolute Gasteiger partial charge is 0.223 e. The van der Waals surface area contributed by atoms with E-state index in [1.807, 2.05) is 30.3 Å². The Kier molecular flexibility index (Phi) is 6.46. The second kappa shape index (κ2) is 8.57. The fourth-order valence-electron chi connectivity index (χ4n) is 2.45. The van der Waals surface area contributed by atoms with Gasteiger partial charge in [-0.2, -0.15) is 0 Å². The number of carbonyl (C=O) groups excluding carboxylic acids is 1. The van der Waals surface area contributed by atoms with Crippen molar-refractivity contribution < 1.29 is 19.4 Å². The number of benzene rings is 2. The molecule has 0 aliphatic carbocycles. The van der Waals surface area contributed by atoms with Gasteiger partial charge in [-0.15, -0.1) is 0 Å². The second-order valence-electron chi connectivity index (χ2n) is 5.89. The van der Waals surface area contributed by atoms with Gasteiger partial charge in [-0.1, -0.05) is 42.5 Å². The summed E-state index contributed by atoms with van der Waals surface area (Å²) in [6.45, 7) is 1.71. The number of amides is 1. The molecule has 0 saturated heterocycles. The van der Waals surface area contributed by atoms with Crippen molar-refractivity contribution in [3.63, 3.8) is 0 Å². The van der Waals surface area contributed by atoms with Crippen LogP contribution in [0.4, 0.5) is 4.39 Å². The topological polar surface area (TPSA) is 69.6 Å². The average Bonchev–Trinajstić information content (AvgIpc) is 2.55. The zero-order valence-electron chi connectivity index (χ0n) is 13.5. The van der Waals surface area contributed by atoms with Crippen LogP contribution in [0.15, 0.2) is 54.6 Å². The molecule has 0 aliphatic heterocycles. The van der Waals surface area contributed by atoms with E-state index in [1.165, 1.54) is 18.2 Å². The van der Waals surface area contributed by atoms with E-state index in [0.29, 0.717) is 12.0 Å². The molecule has 0 fully saturated rings. The van der Waals surface area contributed by atoms with Gasteiger partial charge in [0, 0.05) is 6.42 Å². The van der Waals surface area contributed by atoms with Gasteiger partial charge in [-0.05, 0) is 30.2 Å². The zero-order valence-corrected chi connectivity index (χ0v) is 13.5. The van der Waals surface area contributed by atoms with Gasteiger partial charge < -0.3 is 15.5 Å². The Morgan fingerprint density at radius 1 is 1.12 bits per heavy atom. The van der Waals surface area contributed by atoms with Crippen molar-refractivity contribution in [3.8, 4) is 0 Å². The minimum absolute atomic E-state index is 0.189. The van der Waals surface area contributed by atoms with Gasteiger partial charge in [0.05, 0.1) is 24.7 Å². The SMILES string of the molecule is CC(NC(=O)CC(O)c1cccc(F)c1)C(O)Cc1ccccc1. The van der Waals surface area contributed by atoms with Crippen LogP contribution in [0.5, 0.6) is 0 Å². The molecule has 0 spiro atoms. The highest BCUT2D eigenvalue weighted by Crippen LogP contribution is 2.17. The quantitative estimate of drug-likeness (QED) is 0.729. The molecule has 5 heteroatoms. The van der Waals surface area contributed by atoms with Crippen LogP contribution in [0, 0.1) is 5.82 Å². The molecule has 0 bridgehead atoms. The Morgan fingerprint density at radius 2 is 1.83 bits per heavy atom. The number of rotatable bonds is 7. The first-order valence-corrected chi connectivity index (χ1v) is 7.90. The third-order valence-corrected chi connectivity index (χ3v) is 3.87. The maximum Gasteiger partial charge on any atom is 0.223 e. The standard InChI is InChI=1S/C19H22FNO3/c1-13(17(22)10-14-6-3-2-4-7-14)21-19(24)12-18(23)15-8-5-9-16(20)11-15/h2-9,11,13,17-18,22-23H,10,12H2,1H3,(H,21,24). The minimum Gasteiger partial charge on any atom is -0.391 e. The highest BCUT2D eigenvalue weighted by Gasteiger charge is 2.19. The molecular formula is C19H22FNO3. The molecule has 2 rings (SSSR count). The van der Waals surface area contributed by atoms with Crippen molar-refractivity contribution in [2.45, 2.75) is 38.0 Å². The molecule has 0 heterocycles. The molecule has 3 unspecified atom stereocenters. The number of hydrogen-bond acceptors (Lipinski definition) is 3. The number of nitrogens with one attached hydrogen (secondary N) is 1. The monoisotopic (exact) mass is 331 g/mol. The van der Waals surface area contributed by atoms with E-state index in [9.17, 15) is 19.4 Å². The van der Waals surface area contributed by atoms with E-state index >= 15 is 0 Å². The lowest BCUT2D eigenvalue weighted by atomic mass is 10.0. The molecule has 1 amide bonds. The summed E-state index contributed by atoms with van der Waals surface area (Å²) in [6.07, 6.45) is -1.58. The van der Waals surface area contributed by atoms with Gasteiger partial charge in [0.15, 0.2) is 0 Å². The predicted molar refractivity (Wildman–Crippen MR) is 89.7 cm³/mol. The molecule has 2 aromatic rings. The van der Waals surface area contributed by atoms with Crippen molar-refractivity contribution in [3.05, 3.63) is 71.5 Å². The molecule has 2 aromatic carbocycles. The van der Waals surface area contributed by atoms with E-state index in [2.05, 4.69) is 5.32 Å². The van der Waals surface area contributed by atoms with Crippen LogP contribution in [0.25, 0.3) is 0 Å². The number of carbonyl (C=O) groups is 1. The molecule has 4 nitrogen and oxygen atoms in total. The number of aliphatic hydroxyl groups is 2. The Labute approximate surface area is 141 Å². The summed E-state index contributed by atoms with van der Waals surface area (Å²) in [4.78, 5) is 12.0. The van der Waals surface area contributed by atoms with Crippen LogP contribution in [-0.2, 0) is 11.2 Å². The molecule has 3 atom stereocenters. The summed E-state index contributed by atoms with van der Waals surface area (Å²) in [7, 11) is 0. The van der Waals surface area contributed by atoms with E-state index in [0.717, 1.165) is 5.56 Å². The number of hydrogen-bond donors (Lipinski definition) is 3. The van der Waals surface area contributed by atoms with Crippen LogP contribution >= 0.6 is 0 Å². The van der Waals surface area contributed by atoms with Crippen LogP contribution < -0.4 is 5.32 Å². The molecule has 0 aromatic heterocycles. The molecule has 0 saturated carbocycles. The van der Waals surface area contributed by atoms with Crippen molar-refractivity contribution in [2.24, 2.45) is 0 Å². The van der Waals surface area contributed by atoms with Crippen LogP contribution in [0.3, 0.4) is 0 Å². The zero-order chi connectivity index (χ0) is 17.5. The summed E-state index contributed by atoms with van der Waals surface area (Å²) < 4.78 is 13.1. The Bertz CT molecular complexity index is 663. The highest BCUT2D eigenvalue weighted by atomic mass is 19.1. The first kappa shape index (κ1) is 18.1. The fraction of sp³-hybridized carbons (Fsp3) is 0.316. The van der Waals surface area contributed by atoms with Crippen molar-refractivity contribution in [1.82, 2.24) is 5.32 Å². The van der Waals surface area contributed by atoms with E-state index in [1.54, 1.807) is 13.0 Å². The normalized spacial score (nSPS) is 14.7. The van der Waals surface area contributed by atoms with Crippen LogP contribution in [0.1, 0.15) is 30.6 Å². The summed E-state index contributed by atoms with van der Waals surface area (Å²) in [5.41, 5.74) is 1.33. The molecule has 24 heavy (non-hydrogen) atoms. The lowest BCUT2D eigenvalue weighted by Crippen LogP contribution is -2.42. The summed E-state index contributed by atoms with van der Waals surface area (Å²) in [5.74, 6) is -0.856. The van der Waals surface area contributed by atoms with E-state index in [-0.39, 0.29) is 6.42 Å². The maximum absolute atomic E-state index is 13.1. The lowest BCUT2D eigenvalue weighted by Gasteiger charge is -2.21. The maximum atomic E-state index is 13.1. The highest BCUT2D eigenvalue weighted by molar-refractivity contribution is 5.77. The molecule has 0 radical (unpaired) electrons. The largest absolute Gasteiger partial charge is 0.391 e. The van der Waals surface area contributed by atoms with Crippen molar-refractivity contribution >= 4 is 5.91 Å². The fourth-order valence-corrected chi connectivity index (χ4v) is 2.45. The average molecular weight is 331 g/mol. The predicted octanol–water partition coefficient (Wildman–Crippen LogP) is 2.36. The molecule has 3 N–H and O–H groups in total. The summed E-state index contributed by atoms with van der Waals surface area (Å²) in [6, 6.07) is 14.6. The lowest BCUT2D eigenvalue weighted by molar-refractivity contribution is -0.124. The van der Waals surface area contributed by atoms with Crippen molar-refractivity contribution in [1.29, 1.82) is 0 Å².